The summed E-state index contributed by atoms with van der Waals surface area (Å²) >= 11 is 0. The van der Waals surface area contributed by atoms with Gasteiger partial charge in [-0.2, -0.15) is 13.2 Å². The Balaban J connectivity index is 2.20. The zero-order chi connectivity index (χ0) is 20.5. The van der Waals surface area contributed by atoms with Crippen molar-refractivity contribution in [2.75, 3.05) is 19.4 Å². The molecule has 0 spiro atoms. The molecule has 9 heteroatoms. The van der Waals surface area contributed by atoms with Gasteiger partial charge in [-0.25, -0.2) is 9.97 Å². The number of halogens is 3. The van der Waals surface area contributed by atoms with Gasteiger partial charge in [-0.15, -0.1) is 0 Å². The molecule has 28 heavy (non-hydrogen) atoms. The van der Waals surface area contributed by atoms with Crippen LogP contribution in [0.15, 0.2) is 36.7 Å². The fraction of sp³-hybridized carbons (Fsp3) is 0.211. The first-order chi connectivity index (χ1) is 13.2. The summed E-state index contributed by atoms with van der Waals surface area (Å²) in [5.74, 6) is 0.148. The van der Waals surface area contributed by atoms with Gasteiger partial charge >= 0.3 is 6.18 Å². The molecule has 3 rings (SSSR count). The highest BCUT2D eigenvalue weighted by Gasteiger charge is 2.31. The molecule has 0 aliphatic rings. The number of aromatic amines is 1. The number of carbonyl (C=O) groups is 1. The van der Waals surface area contributed by atoms with Crippen LogP contribution in [0.1, 0.15) is 21.5 Å². The van der Waals surface area contributed by atoms with Crippen molar-refractivity contribution in [1.82, 2.24) is 20.3 Å². The third-order valence-corrected chi connectivity index (χ3v) is 4.32. The molecule has 2 heterocycles. The molecule has 0 unspecified atom stereocenters. The van der Waals surface area contributed by atoms with E-state index in [4.69, 9.17) is 0 Å². The fourth-order valence-electron chi connectivity index (χ4n) is 2.83. The van der Waals surface area contributed by atoms with Crippen LogP contribution >= 0.6 is 0 Å². The summed E-state index contributed by atoms with van der Waals surface area (Å²) in [5, 5.41) is 5.40. The van der Waals surface area contributed by atoms with Gasteiger partial charge in [-0.05, 0) is 30.7 Å². The molecular formula is C19H18F3N5O. The first-order valence-electron chi connectivity index (χ1n) is 8.38. The lowest BCUT2D eigenvalue weighted by atomic mass is 9.99. The van der Waals surface area contributed by atoms with Gasteiger partial charge in [-0.3, -0.25) is 4.79 Å². The highest BCUT2D eigenvalue weighted by Crippen LogP contribution is 2.36. The smallest absolute Gasteiger partial charge is 0.373 e. The Hall–Kier alpha value is -3.36. The number of nitrogens with zero attached hydrogens (tertiary/aromatic N) is 2. The molecule has 0 radical (unpaired) electrons. The van der Waals surface area contributed by atoms with Crippen LogP contribution in [0.3, 0.4) is 0 Å². The molecule has 0 bridgehead atoms. The molecular weight excluding hydrogens is 371 g/mol. The Bertz CT molecular complexity index is 1030. The zero-order valence-corrected chi connectivity index (χ0v) is 15.4. The number of H-pyrrole nitrogens is 1. The SMILES string of the molecule is CNC(=O)c1cc(-c2cc(NC)ncn2)[nH]c1-c1cc(C(F)(F)F)ccc1C. The maximum absolute atomic E-state index is 13.2. The summed E-state index contributed by atoms with van der Waals surface area (Å²) in [5.41, 5.74) is 1.62. The largest absolute Gasteiger partial charge is 0.416 e. The lowest BCUT2D eigenvalue weighted by Crippen LogP contribution is -2.18. The van der Waals surface area contributed by atoms with Gasteiger partial charge in [0.15, 0.2) is 0 Å². The van der Waals surface area contributed by atoms with Crippen molar-refractivity contribution in [3.05, 3.63) is 53.3 Å². The number of benzene rings is 1. The zero-order valence-electron chi connectivity index (χ0n) is 15.4. The van der Waals surface area contributed by atoms with E-state index in [2.05, 4.69) is 25.6 Å². The van der Waals surface area contributed by atoms with Crippen LogP contribution in [0.25, 0.3) is 22.6 Å². The van der Waals surface area contributed by atoms with E-state index in [0.29, 0.717) is 34.0 Å². The molecule has 0 saturated heterocycles. The van der Waals surface area contributed by atoms with E-state index in [1.165, 1.54) is 19.4 Å². The van der Waals surface area contributed by atoms with E-state index in [1.807, 2.05) is 0 Å². The molecule has 2 aromatic heterocycles. The van der Waals surface area contributed by atoms with E-state index in [1.54, 1.807) is 26.1 Å². The molecule has 1 aromatic carbocycles. The van der Waals surface area contributed by atoms with Gasteiger partial charge < -0.3 is 15.6 Å². The number of carbonyl (C=O) groups excluding carboxylic acids is 1. The number of hydrogen-bond donors (Lipinski definition) is 3. The third-order valence-electron chi connectivity index (χ3n) is 4.32. The molecule has 0 aliphatic carbocycles. The summed E-state index contributed by atoms with van der Waals surface area (Å²) in [4.78, 5) is 23.6. The van der Waals surface area contributed by atoms with E-state index in [-0.39, 0.29) is 5.56 Å². The van der Waals surface area contributed by atoms with Crippen LogP contribution in [-0.2, 0) is 6.18 Å². The van der Waals surface area contributed by atoms with Gasteiger partial charge in [0.1, 0.15) is 12.1 Å². The molecule has 0 saturated carbocycles. The number of rotatable bonds is 4. The molecule has 146 valence electrons. The Morgan fingerprint density at radius 3 is 2.50 bits per heavy atom. The number of anilines is 1. The van der Waals surface area contributed by atoms with Gasteiger partial charge in [0, 0.05) is 25.7 Å². The first-order valence-corrected chi connectivity index (χ1v) is 8.38. The topological polar surface area (TPSA) is 82.7 Å². The maximum Gasteiger partial charge on any atom is 0.416 e. The van der Waals surface area contributed by atoms with Gasteiger partial charge in [0.2, 0.25) is 0 Å². The predicted octanol–water partition coefficient (Wildman–Crippen LogP) is 3.87. The molecule has 6 nitrogen and oxygen atoms in total. The fourth-order valence-corrected chi connectivity index (χ4v) is 2.83. The van der Waals surface area contributed by atoms with E-state index < -0.39 is 17.6 Å². The van der Waals surface area contributed by atoms with Crippen molar-refractivity contribution < 1.29 is 18.0 Å². The molecule has 1 amide bonds. The van der Waals surface area contributed by atoms with Crippen LogP contribution in [0, 0.1) is 6.92 Å². The van der Waals surface area contributed by atoms with E-state index in [9.17, 15) is 18.0 Å². The van der Waals surface area contributed by atoms with Crippen molar-refractivity contribution in [2.45, 2.75) is 13.1 Å². The Labute approximate surface area is 159 Å². The summed E-state index contributed by atoms with van der Waals surface area (Å²) in [6, 6.07) is 6.68. The normalized spacial score (nSPS) is 11.4. The van der Waals surface area contributed by atoms with Gasteiger partial charge in [0.25, 0.3) is 5.91 Å². The minimum atomic E-state index is -4.49. The molecule has 3 aromatic rings. The van der Waals surface area contributed by atoms with Gasteiger partial charge in [0.05, 0.1) is 28.2 Å². The Morgan fingerprint density at radius 1 is 1.11 bits per heavy atom. The summed E-state index contributed by atoms with van der Waals surface area (Å²) in [6.07, 6.45) is -3.13. The maximum atomic E-state index is 13.2. The van der Waals surface area contributed by atoms with Crippen molar-refractivity contribution in [3.63, 3.8) is 0 Å². The lowest BCUT2D eigenvalue weighted by molar-refractivity contribution is -0.137. The van der Waals surface area contributed by atoms with Crippen molar-refractivity contribution in [2.24, 2.45) is 0 Å². The second-order valence-electron chi connectivity index (χ2n) is 6.12. The molecule has 0 atom stereocenters. The van der Waals surface area contributed by atoms with Crippen LogP contribution < -0.4 is 10.6 Å². The highest BCUT2D eigenvalue weighted by molar-refractivity contribution is 6.01. The van der Waals surface area contributed by atoms with Crippen LogP contribution in [-0.4, -0.2) is 35.0 Å². The Kier molecular flexibility index (Phi) is 5.08. The number of amides is 1. The van der Waals surface area contributed by atoms with Crippen molar-refractivity contribution >= 4 is 11.7 Å². The molecule has 3 N–H and O–H groups in total. The second kappa shape index (κ2) is 7.34. The average Bonchev–Trinajstić information content (AvgIpc) is 3.12. The average molecular weight is 389 g/mol. The minimum Gasteiger partial charge on any atom is -0.373 e. The molecule has 0 aliphatic heterocycles. The van der Waals surface area contributed by atoms with Crippen molar-refractivity contribution in [3.8, 4) is 22.6 Å². The van der Waals surface area contributed by atoms with Crippen molar-refractivity contribution in [1.29, 1.82) is 0 Å². The predicted molar refractivity (Wildman–Crippen MR) is 99.9 cm³/mol. The van der Waals surface area contributed by atoms with Gasteiger partial charge in [-0.1, -0.05) is 6.07 Å². The number of hydrogen-bond acceptors (Lipinski definition) is 4. The third kappa shape index (κ3) is 3.68. The first kappa shape index (κ1) is 19.4. The monoisotopic (exact) mass is 389 g/mol. The summed E-state index contributed by atoms with van der Waals surface area (Å²) < 4.78 is 39.5. The number of alkyl halides is 3. The second-order valence-corrected chi connectivity index (χ2v) is 6.12. The van der Waals surface area contributed by atoms with Crippen LogP contribution in [0.5, 0.6) is 0 Å². The summed E-state index contributed by atoms with van der Waals surface area (Å²) in [6.45, 7) is 1.69. The van der Waals surface area contributed by atoms with Crippen LogP contribution in [0.2, 0.25) is 0 Å². The standard InChI is InChI=1S/C19H18F3N5O/c1-10-4-5-11(19(20,21)22)6-12(10)17-13(18(28)24-3)7-15(27-17)14-8-16(23-2)26-9-25-14/h4-9,27H,1-3H3,(H,24,28)(H,23,25,26). The Morgan fingerprint density at radius 2 is 1.86 bits per heavy atom. The molecule has 0 fully saturated rings. The lowest BCUT2D eigenvalue weighted by Gasteiger charge is -2.12. The highest BCUT2D eigenvalue weighted by atomic mass is 19.4. The number of aryl methyl sites for hydroxylation is 1. The quantitative estimate of drug-likeness (QED) is 0.633. The minimum absolute atomic E-state index is 0.226. The number of aromatic nitrogens is 3. The summed E-state index contributed by atoms with van der Waals surface area (Å²) in [7, 11) is 3.16. The van der Waals surface area contributed by atoms with E-state index >= 15 is 0 Å². The van der Waals surface area contributed by atoms with Crippen LogP contribution in [0.4, 0.5) is 19.0 Å². The van der Waals surface area contributed by atoms with E-state index in [0.717, 1.165) is 12.1 Å². The number of nitrogens with one attached hydrogen (secondary N) is 3.